The lowest BCUT2D eigenvalue weighted by molar-refractivity contribution is 0.0696. The molecular weight excluding hydrogens is 250 g/mol. The molecule has 2 rings (SSSR count). The standard InChI is InChI=1S/C17H19NO2/c1-3-12-7-9-13(10-8-12)16(18-2)14-5-4-6-15(11-14)17(19)20/h4-11,16,18H,3H2,1-2H3,(H,19,20). The maximum Gasteiger partial charge on any atom is 0.335 e. The number of hydrogen-bond donors (Lipinski definition) is 2. The summed E-state index contributed by atoms with van der Waals surface area (Å²) < 4.78 is 0. The average molecular weight is 269 g/mol. The Morgan fingerprint density at radius 1 is 1.15 bits per heavy atom. The lowest BCUT2D eigenvalue weighted by atomic mass is 9.96. The molecule has 0 spiro atoms. The van der Waals surface area contributed by atoms with Crippen molar-refractivity contribution >= 4 is 5.97 Å². The summed E-state index contributed by atoms with van der Waals surface area (Å²) in [7, 11) is 1.88. The molecule has 0 amide bonds. The maximum absolute atomic E-state index is 11.1. The molecule has 0 fully saturated rings. The molecule has 0 heterocycles. The normalized spacial score (nSPS) is 12.1. The van der Waals surface area contributed by atoms with Crippen LogP contribution in [0.4, 0.5) is 0 Å². The van der Waals surface area contributed by atoms with Crippen molar-refractivity contribution in [3.63, 3.8) is 0 Å². The van der Waals surface area contributed by atoms with Crippen LogP contribution in [-0.2, 0) is 6.42 Å². The summed E-state index contributed by atoms with van der Waals surface area (Å²) >= 11 is 0. The largest absolute Gasteiger partial charge is 0.478 e. The van der Waals surface area contributed by atoms with E-state index in [0.717, 1.165) is 17.5 Å². The van der Waals surface area contributed by atoms with E-state index in [0.29, 0.717) is 5.56 Å². The van der Waals surface area contributed by atoms with Gasteiger partial charge in [0.25, 0.3) is 0 Å². The zero-order valence-corrected chi connectivity index (χ0v) is 11.8. The zero-order valence-electron chi connectivity index (χ0n) is 11.8. The Balaban J connectivity index is 2.35. The second kappa shape index (κ2) is 6.35. The van der Waals surface area contributed by atoms with Gasteiger partial charge in [-0.15, -0.1) is 0 Å². The quantitative estimate of drug-likeness (QED) is 0.876. The van der Waals surface area contributed by atoms with Crippen LogP contribution in [0.5, 0.6) is 0 Å². The molecule has 20 heavy (non-hydrogen) atoms. The summed E-state index contributed by atoms with van der Waals surface area (Å²) in [5.74, 6) is -0.900. The van der Waals surface area contributed by atoms with Crippen LogP contribution in [0.15, 0.2) is 48.5 Å². The number of aromatic carboxylic acids is 1. The molecule has 0 aromatic heterocycles. The van der Waals surface area contributed by atoms with Gasteiger partial charge in [0.1, 0.15) is 0 Å². The molecule has 0 bridgehead atoms. The minimum Gasteiger partial charge on any atom is -0.478 e. The van der Waals surface area contributed by atoms with E-state index in [-0.39, 0.29) is 6.04 Å². The minimum atomic E-state index is -0.900. The number of carboxylic acid groups (broad SMARTS) is 1. The predicted octanol–water partition coefficient (Wildman–Crippen LogP) is 3.26. The van der Waals surface area contributed by atoms with Crippen molar-refractivity contribution in [2.75, 3.05) is 7.05 Å². The number of benzene rings is 2. The van der Waals surface area contributed by atoms with Crippen LogP contribution in [0.25, 0.3) is 0 Å². The summed E-state index contributed by atoms with van der Waals surface area (Å²) in [6, 6.07) is 15.5. The van der Waals surface area contributed by atoms with Gasteiger partial charge in [-0.3, -0.25) is 0 Å². The third kappa shape index (κ3) is 3.06. The van der Waals surface area contributed by atoms with Crippen LogP contribution in [0.2, 0.25) is 0 Å². The fourth-order valence-corrected chi connectivity index (χ4v) is 2.32. The molecule has 2 aromatic rings. The van der Waals surface area contributed by atoms with Crippen LogP contribution in [0.1, 0.15) is 40.0 Å². The maximum atomic E-state index is 11.1. The third-order valence-electron chi connectivity index (χ3n) is 3.48. The van der Waals surface area contributed by atoms with E-state index < -0.39 is 5.97 Å². The molecule has 0 aliphatic heterocycles. The third-order valence-corrected chi connectivity index (χ3v) is 3.48. The Labute approximate surface area is 119 Å². The average Bonchev–Trinajstić information content (AvgIpc) is 2.49. The van der Waals surface area contributed by atoms with Gasteiger partial charge in [-0.25, -0.2) is 4.79 Å². The second-order valence-corrected chi connectivity index (χ2v) is 4.75. The van der Waals surface area contributed by atoms with Crippen molar-refractivity contribution in [2.24, 2.45) is 0 Å². The first-order valence-electron chi connectivity index (χ1n) is 6.75. The fraction of sp³-hybridized carbons (Fsp3) is 0.235. The topological polar surface area (TPSA) is 49.3 Å². The molecule has 2 aromatic carbocycles. The lowest BCUT2D eigenvalue weighted by Crippen LogP contribution is -2.18. The Morgan fingerprint density at radius 3 is 2.40 bits per heavy atom. The first kappa shape index (κ1) is 14.3. The van der Waals surface area contributed by atoms with Crippen molar-refractivity contribution in [1.29, 1.82) is 0 Å². The minimum absolute atomic E-state index is 0.000191. The van der Waals surface area contributed by atoms with E-state index in [2.05, 4.69) is 36.5 Å². The number of aryl methyl sites for hydroxylation is 1. The Kier molecular flexibility index (Phi) is 4.53. The molecular formula is C17H19NO2. The second-order valence-electron chi connectivity index (χ2n) is 4.75. The SMILES string of the molecule is CCc1ccc(C(NC)c2cccc(C(=O)O)c2)cc1. The summed E-state index contributed by atoms with van der Waals surface area (Å²) in [6.07, 6.45) is 1.01. The zero-order chi connectivity index (χ0) is 14.5. The van der Waals surface area contributed by atoms with Crippen LogP contribution < -0.4 is 5.32 Å². The van der Waals surface area contributed by atoms with Crippen LogP contribution in [0, 0.1) is 0 Å². The van der Waals surface area contributed by atoms with Crippen LogP contribution in [-0.4, -0.2) is 18.1 Å². The van der Waals surface area contributed by atoms with E-state index in [1.165, 1.54) is 5.56 Å². The molecule has 3 nitrogen and oxygen atoms in total. The number of hydrogen-bond acceptors (Lipinski definition) is 2. The smallest absolute Gasteiger partial charge is 0.335 e. The Hall–Kier alpha value is -2.13. The number of nitrogens with one attached hydrogen (secondary N) is 1. The number of carboxylic acids is 1. The predicted molar refractivity (Wildman–Crippen MR) is 80.1 cm³/mol. The Bertz CT molecular complexity index is 590. The highest BCUT2D eigenvalue weighted by atomic mass is 16.4. The van der Waals surface area contributed by atoms with E-state index in [4.69, 9.17) is 5.11 Å². The highest BCUT2D eigenvalue weighted by Crippen LogP contribution is 2.23. The van der Waals surface area contributed by atoms with Gasteiger partial charge in [0.05, 0.1) is 11.6 Å². The summed E-state index contributed by atoms with van der Waals surface area (Å²) in [4.78, 5) is 11.1. The highest BCUT2D eigenvalue weighted by molar-refractivity contribution is 5.87. The van der Waals surface area contributed by atoms with E-state index in [1.54, 1.807) is 18.2 Å². The van der Waals surface area contributed by atoms with E-state index >= 15 is 0 Å². The van der Waals surface area contributed by atoms with Crippen molar-refractivity contribution in [3.05, 3.63) is 70.8 Å². The molecule has 104 valence electrons. The molecule has 0 saturated carbocycles. The molecule has 0 radical (unpaired) electrons. The molecule has 0 aliphatic carbocycles. The molecule has 0 saturated heterocycles. The molecule has 1 unspecified atom stereocenters. The monoisotopic (exact) mass is 269 g/mol. The highest BCUT2D eigenvalue weighted by Gasteiger charge is 2.13. The van der Waals surface area contributed by atoms with Gasteiger partial charge in [0, 0.05) is 0 Å². The van der Waals surface area contributed by atoms with Gasteiger partial charge in [0.2, 0.25) is 0 Å². The van der Waals surface area contributed by atoms with Gasteiger partial charge >= 0.3 is 5.97 Å². The van der Waals surface area contributed by atoms with E-state index in [9.17, 15) is 4.79 Å². The van der Waals surface area contributed by atoms with Gasteiger partial charge in [-0.05, 0) is 42.3 Å². The summed E-state index contributed by atoms with van der Waals surface area (Å²) in [6.45, 7) is 2.13. The molecule has 1 atom stereocenters. The molecule has 0 aliphatic rings. The van der Waals surface area contributed by atoms with Crippen LogP contribution in [0.3, 0.4) is 0 Å². The summed E-state index contributed by atoms with van der Waals surface area (Å²) in [5.41, 5.74) is 3.69. The summed E-state index contributed by atoms with van der Waals surface area (Å²) in [5, 5.41) is 12.3. The van der Waals surface area contributed by atoms with Gasteiger partial charge in [-0.2, -0.15) is 0 Å². The van der Waals surface area contributed by atoms with E-state index in [1.807, 2.05) is 13.1 Å². The number of carbonyl (C=O) groups is 1. The fourth-order valence-electron chi connectivity index (χ4n) is 2.32. The van der Waals surface area contributed by atoms with Crippen molar-refractivity contribution in [2.45, 2.75) is 19.4 Å². The van der Waals surface area contributed by atoms with Gasteiger partial charge < -0.3 is 10.4 Å². The molecule has 3 heteroatoms. The first-order chi connectivity index (χ1) is 9.65. The van der Waals surface area contributed by atoms with Gasteiger partial charge in [-0.1, -0.05) is 43.3 Å². The van der Waals surface area contributed by atoms with Crippen molar-refractivity contribution in [3.8, 4) is 0 Å². The lowest BCUT2D eigenvalue weighted by Gasteiger charge is -2.18. The first-order valence-corrected chi connectivity index (χ1v) is 6.75. The Morgan fingerprint density at radius 2 is 1.85 bits per heavy atom. The molecule has 2 N–H and O–H groups in total. The van der Waals surface area contributed by atoms with Crippen molar-refractivity contribution in [1.82, 2.24) is 5.32 Å². The van der Waals surface area contributed by atoms with Crippen LogP contribution >= 0.6 is 0 Å². The number of rotatable bonds is 5. The van der Waals surface area contributed by atoms with Crippen molar-refractivity contribution < 1.29 is 9.90 Å². The van der Waals surface area contributed by atoms with Gasteiger partial charge in [0.15, 0.2) is 0 Å².